The SMILES string of the molecule is CN(Cc1ccccc1C#N)C(=O)c1sc(CNC2CC2)cc1N=CN1CCCCC1. The van der Waals surface area contributed by atoms with Gasteiger partial charge in [-0.1, -0.05) is 18.2 Å². The molecule has 7 heteroatoms. The van der Waals surface area contributed by atoms with Gasteiger partial charge in [-0.2, -0.15) is 5.26 Å². The smallest absolute Gasteiger partial charge is 0.266 e. The molecule has 1 aromatic carbocycles. The average Bonchev–Trinajstić information content (AvgIpc) is 3.55. The maximum Gasteiger partial charge on any atom is 0.266 e. The summed E-state index contributed by atoms with van der Waals surface area (Å²) in [5.41, 5.74) is 2.20. The van der Waals surface area contributed by atoms with E-state index < -0.39 is 0 Å². The Hall–Kier alpha value is -2.69. The molecule has 31 heavy (non-hydrogen) atoms. The van der Waals surface area contributed by atoms with E-state index >= 15 is 0 Å². The monoisotopic (exact) mass is 435 g/mol. The van der Waals surface area contributed by atoms with Crippen LogP contribution in [0, 0.1) is 11.3 Å². The second-order valence-electron chi connectivity index (χ2n) is 8.35. The number of benzene rings is 1. The Morgan fingerprint density at radius 3 is 2.84 bits per heavy atom. The zero-order valence-electron chi connectivity index (χ0n) is 18.0. The van der Waals surface area contributed by atoms with Crippen molar-refractivity contribution in [2.24, 2.45) is 4.99 Å². The van der Waals surface area contributed by atoms with Gasteiger partial charge in [0, 0.05) is 44.1 Å². The van der Waals surface area contributed by atoms with E-state index in [2.05, 4.69) is 16.3 Å². The largest absolute Gasteiger partial charge is 0.363 e. The van der Waals surface area contributed by atoms with Crippen LogP contribution in [-0.2, 0) is 13.1 Å². The van der Waals surface area contributed by atoms with Crippen LogP contribution in [0.5, 0.6) is 0 Å². The summed E-state index contributed by atoms with van der Waals surface area (Å²) in [6.45, 7) is 3.22. The summed E-state index contributed by atoms with van der Waals surface area (Å²) in [4.78, 5) is 23.8. The highest BCUT2D eigenvalue weighted by Crippen LogP contribution is 2.32. The molecular formula is C24H29N5OS. The van der Waals surface area contributed by atoms with Gasteiger partial charge in [0.1, 0.15) is 4.88 Å². The Bertz CT molecular complexity index is 982. The lowest BCUT2D eigenvalue weighted by atomic mass is 10.1. The molecule has 2 fully saturated rings. The lowest BCUT2D eigenvalue weighted by Crippen LogP contribution is -2.28. The van der Waals surface area contributed by atoms with E-state index in [-0.39, 0.29) is 5.91 Å². The summed E-state index contributed by atoms with van der Waals surface area (Å²) >= 11 is 1.52. The van der Waals surface area contributed by atoms with Gasteiger partial charge in [0.2, 0.25) is 0 Å². The molecule has 0 atom stereocenters. The summed E-state index contributed by atoms with van der Waals surface area (Å²) in [5, 5.41) is 12.9. The van der Waals surface area contributed by atoms with Gasteiger partial charge in [-0.3, -0.25) is 4.79 Å². The van der Waals surface area contributed by atoms with Gasteiger partial charge in [-0.25, -0.2) is 4.99 Å². The average molecular weight is 436 g/mol. The molecule has 1 aromatic heterocycles. The third-order valence-electron chi connectivity index (χ3n) is 5.74. The Morgan fingerprint density at radius 1 is 1.32 bits per heavy atom. The van der Waals surface area contributed by atoms with Crippen molar-refractivity contribution >= 4 is 29.3 Å². The van der Waals surface area contributed by atoms with E-state index in [0.29, 0.717) is 23.0 Å². The van der Waals surface area contributed by atoms with Crippen molar-refractivity contribution in [1.29, 1.82) is 5.26 Å². The Balaban J connectivity index is 1.52. The van der Waals surface area contributed by atoms with Gasteiger partial charge in [0.15, 0.2) is 0 Å². The second kappa shape index (κ2) is 10.1. The van der Waals surface area contributed by atoms with E-state index in [4.69, 9.17) is 4.99 Å². The number of piperidine rings is 1. The highest BCUT2D eigenvalue weighted by Gasteiger charge is 2.23. The first-order chi connectivity index (χ1) is 15.1. The summed E-state index contributed by atoms with van der Waals surface area (Å²) in [6, 6.07) is 12.3. The molecule has 1 saturated carbocycles. The Morgan fingerprint density at radius 2 is 2.10 bits per heavy atom. The minimum Gasteiger partial charge on any atom is -0.363 e. The highest BCUT2D eigenvalue weighted by molar-refractivity contribution is 7.14. The number of thiophene rings is 1. The van der Waals surface area contributed by atoms with E-state index in [9.17, 15) is 10.1 Å². The number of amides is 1. The van der Waals surface area contributed by atoms with Crippen LogP contribution in [0.25, 0.3) is 0 Å². The molecule has 162 valence electrons. The third kappa shape index (κ3) is 5.72. The predicted molar refractivity (Wildman–Crippen MR) is 125 cm³/mol. The number of hydrogen-bond donors (Lipinski definition) is 1. The number of nitriles is 1. The first-order valence-corrected chi connectivity index (χ1v) is 11.8. The first-order valence-electron chi connectivity index (χ1n) is 11.0. The van der Waals surface area contributed by atoms with Crippen molar-refractivity contribution in [3.8, 4) is 6.07 Å². The third-order valence-corrected chi connectivity index (χ3v) is 6.86. The molecule has 1 saturated heterocycles. The molecule has 2 aliphatic rings. The van der Waals surface area contributed by atoms with E-state index in [0.717, 1.165) is 35.8 Å². The lowest BCUT2D eigenvalue weighted by Gasteiger charge is -2.23. The molecule has 1 N–H and O–H groups in total. The van der Waals surface area contributed by atoms with Crippen molar-refractivity contribution in [3.63, 3.8) is 0 Å². The summed E-state index contributed by atoms with van der Waals surface area (Å²) in [7, 11) is 1.79. The van der Waals surface area contributed by atoms with Gasteiger partial charge in [-0.05, 0) is 49.8 Å². The molecule has 0 unspecified atom stereocenters. The first kappa shape index (κ1) is 21.5. The van der Waals surface area contributed by atoms with E-state index in [1.54, 1.807) is 18.0 Å². The number of carbonyl (C=O) groups is 1. The lowest BCUT2D eigenvalue weighted by molar-refractivity contribution is 0.0790. The topological polar surface area (TPSA) is 71.7 Å². The van der Waals surface area contributed by atoms with Crippen molar-refractivity contribution < 1.29 is 4.79 Å². The van der Waals surface area contributed by atoms with Crippen molar-refractivity contribution in [2.75, 3.05) is 20.1 Å². The maximum atomic E-state index is 13.3. The highest BCUT2D eigenvalue weighted by atomic mass is 32.1. The van der Waals surface area contributed by atoms with Gasteiger partial charge >= 0.3 is 0 Å². The van der Waals surface area contributed by atoms with Crippen LogP contribution in [0.1, 0.15) is 57.8 Å². The maximum absolute atomic E-state index is 13.3. The predicted octanol–water partition coefficient (Wildman–Crippen LogP) is 4.29. The van der Waals surface area contributed by atoms with Crippen LogP contribution in [0.15, 0.2) is 35.3 Å². The standard InChI is InChI=1S/C24H29N5OS/c1-28(16-19-8-4-3-7-18(19)14-25)24(30)23-22(27-17-29-11-5-2-6-12-29)13-21(31-23)15-26-20-9-10-20/h3-4,7-8,13,17,20,26H,2,5-6,9-12,15-16H2,1H3. The van der Waals surface area contributed by atoms with Crippen LogP contribution < -0.4 is 5.32 Å². The van der Waals surface area contributed by atoms with Gasteiger partial charge < -0.3 is 15.1 Å². The van der Waals surface area contributed by atoms with Crippen molar-refractivity contribution in [1.82, 2.24) is 15.1 Å². The molecule has 1 amide bonds. The fourth-order valence-electron chi connectivity index (χ4n) is 3.75. The number of nitrogens with one attached hydrogen (secondary N) is 1. The molecule has 2 heterocycles. The zero-order chi connectivity index (χ0) is 21.6. The zero-order valence-corrected chi connectivity index (χ0v) is 18.8. The fourth-order valence-corrected chi connectivity index (χ4v) is 4.79. The van der Waals surface area contributed by atoms with Gasteiger partial charge in [-0.15, -0.1) is 11.3 Å². The molecule has 0 spiro atoms. The van der Waals surface area contributed by atoms with Crippen LogP contribution in [0.4, 0.5) is 5.69 Å². The second-order valence-corrected chi connectivity index (χ2v) is 9.49. The molecule has 4 rings (SSSR count). The number of aliphatic imine (C=N–C) groups is 1. The number of likely N-dealkylation sites (tertiary alicyclic amines) is 1. The van der Waals surface area contributed by atoms with Gasteiger partial charge in [0.25, 0.3) is 5.91 Å². The van der Waals surface area contributed by atoms with Crippen LogP contribution in [-0.4, -0.2) is 48.2 Å². The molecule has 6 nitrogen and oxygen atoms in total. The number of nitrogens with zero attached hydrogens (tertiary/aromatic N) is 4. The quantitative estimate of drug-likeness (QED) is 0.496. The number of hydrogen-bond acceptors (Lipinski definition) is 5. The summed E-state index contributed by atoms with van der Waals surface area (Å²) in [6.07, 6.45) is 8.04. The minimum absolute atomic E-state index is 0.0544. The molecule has 2 aromatic rings. The Labute approximate surface area is 188 Å². The molecule has 0 bridgehead atoms. The molecule has 1 aliphatic heterocycles. The number of carbonyl (C=O) groups excluding carboxylic acids is 1. The van der Waals surface area contributed by atoms with Crippen LogP contribution in [0.3, 0.4) is 0 Å². The Kier molecular flexibility index (Phi) is 7.00. The van der Waals surface area contributed by atoms with Crippen LogP contribution in [0.2, 0.25) is 0 Å². The normalized spacial score (nSPS) is 16.5. The van der Waals surface area contributed by atoms with Crippen molar-refractivity contribution in [3.05, 3.63) is 51.2 Å². The molecule has 0 radical (unpaired) electrons. The minimum atomic E-state index is -0.0544. The van der Waals surface area contributed by atoms with Crippen LogP contribution >= 0.6 is 11.3 Å². The van der Waals surface area contributed by atoms with Gasteiger partial charge in [0.05, 0.1) is 23.7 Å². The fraction of sp³-hybridized carbons (Fsp3) is 0.458. The summed E-state index contributed by atoms with van der Waals surface area (Å²) in [5.74, 6) is -0.0544. The molecule has 1 aliphatic carbocycles. The summed E-state index contributed by atoms with van der Waals surface area (Å²) < 4.78 is 0. The molecular weight excluding hydrogens is 406 g/mol. The number of rotatable bonds is 8. The van der Waals surface area contributed by atoms with E-state index in [1.165, 1.54) is 43.4 Å². The van der Waals surface area contributed by atoms with Crippen molar-refractivity contribution in [2.45, 2.75) is 51.2 Å². The van der Waals surface area contributed by atoms with E-state index in [1.807, 2.05) is 30.6 Å².